The molecule has 1 saturated heterocycles. The van der Waals surface area contributed by atoms with E-state index in [1.54, 1.807) is 7.11 Å². The average Bonchev–Trinajstić information content (AvgIpc) is 2.70. The highest BCUT2D eigenvalue weighted by molar-refractivity contribution is 6.32. The molecule has 142 valence electrons. The molecule has 1 heterocycles. The molecule has 2 aromatic carbocycles. The molecule has 4 heteroatoms. The number of benzene rings is 2. The fourth-order valence-corrected chi connectivity index (χ4v) is 4.71. The van der Waals surface area contributed by atoms with Crippen LogP contribution in [-0.4, -0.2) is 31.6 Å². The Kier molecular flexibility index (Phi) is 5.77. The second-order valence-corrected chi connectivity index (χ2v) is 8.39. The van der Waals surface area contributed by atoms with Gasteiger partial charge in [-0.25, -0.2) is 0 Å². The number of nitrogens with zero attached hydrogens (tertiary/aromatic N) is 1. The highest BCUT2D eigenvalue weighted by atomic mass is 35.5. The number of rotatable bonds is 4. The Balaban J connectivity index is 1.40. The number of hydrogen-bond donors (Lipinski definition) is 0. The van der Waals surface area contributed by atoms with Crippen LogP contribution in [0, 0.1) is 0 Å². The van der Waals surface area contributed by atoms with Gasteiger partial charge in [-0.2, -0.15) is 0 Å². The third kappa shape index (κ3) is 4.18. The number of piperidine rings is 1. The highest BCUT2D eigenvalue weighted by Crippen LogP contribution is 2.36. The van der Waals surface area contributed by atoms with Crippen molar-refractivity contribution in [1.29, 1.82) is 0 Å². The summed E-state index contributed by atoms with van der Waals surface area (Å²) in [5.41, 5.74) is 5.29. The van der Waals surface area contributed by atoms with Crippen molar-refractivity contribution in [2.24, 2.45) is 0 Å². The van der Waals surface area contributed by atoms with Crippen LogP contribution in [0.25, 0.3) is 6.08 Å². The van der Waals surface area contributed by atoms with Gasteiger partial charge in [0.1, 0.15) is 5.75 Å². The number of methoxy groups -OCH3 is 1. The van der Waals surface area contributed by atoms with Crippen LogP contribution in [0.1, 0.15) is 41.9 Å². The zero-order valence-corrected chi connectivity index (χ0v) is 17.2. The van der Waals surface area contributed by atoms with Gasteiger partial charge in [-0.1, -0.05) is 47.0 Å². The summed E-state index contributed by atoms with van der Waals surface area (Å²) in [4.78, 5) is 2.58. The topological polar surface area (TPSA) is 12.5 Å². The molecule has 0 bridgehead atoms. The summed E-state index contributed by atoms with van der Waals surface area (Å²) in [6.45, 7) is 3.33. The molecule has 2 aliphatic rings. The minimum absolute atomic E-state index is 0.651. The van der Waals surface area contributed by atoms with Crippen LogP contribution >= 0.6 is 23.2 Å². The monoisotopic (exact) mass is 401 g/mol. The molecule has 4 rings (SSSR count). The molecule has 0 spiro atoms. The van der Waals surface area contributed by atoms with E-state index in [0.29, 0.717) is 5.92 Å². The van der Waals surface area contributed by atoms with Crippen molar-refractivity contribution in [3.8, 4) is 5.75 Å². The van der Waals surface area contributed by atoms with Gasteiger partial charge < -0.3 is 4.74 Å². The summed E-state index contributed by atoms with van der Waals surface area (Å²) in [6.07, 6.45) is 6.79. The Bertz CT molecular complexity index is 836. The molecule has 1 aliphatic heterocycles. The molecule has 1 aliphatic carbocycles. The third-order valence-corrected chi connectivity index (χ3v) is 6.46. The van der Waals surface area contributed by atoms with Crippen LogP contribution in [0.4, 0.5) is 0 Å². The lowest BCUT2D eigenvalue weighted by molar-refractivity contribution is 0.227. The van der Waals surface area contributed by atoms with Gasteiger partial charge >= 0.3 is 0 Å². The predicted octanol–water partition coefficient (Wildman–Crippen LogP) is 6.21. The molecule has 0 atom stereocenters. The Hall–Kier alpha value is -1.48. The summed E-state index contributed by atoms with van der Waals surface area (Å²) < 4.78 is 5.51. The van der Waals surface area contributed by atoms with Gasteiger partial charge in [0.25, 0.3) is 0 Å². The van der Waals surface area contributed by atoms with Crippen molar-refractivity contribution >= 4 is 29.3 Å². The lowest BCUT2D eigenvalue weighted by atomic mass is 9.88. The van der Waals surface area contributed by atoms with E-state index in [0.717, 1.165) is 53.8 Å². The average molecular weight is 402 g/mol. The van der Waals surface area contributed by atoms with Crippen LogP contribution in [0.2, 0.25) is 10.0 Å². The normalized spacial score (nSPS) is 18.1. The van der Waals surface area contributed by atoms with Gasteiger partial charge in [0.2, 0.25) is 0 Å². The van der Waals surface area contributed by atoms with Crippen LogP contribution in [0.5, 0.6) is 5.75 Å². The molecule has 27 heavy (non-hydrogen) atoms. The third-order valence-electron chi connectivity index (χ3n) is 5.88. The summed E-state index contributed by atoms with van der Waals surface area (Å²) >= 11 is 12.5. The number of hydrogen-bond acceptors (Lipinski definition) is 2. The van der Waals surface area contributed by atoms with Crippen molar-refractivity contribution in [1.82, 2.24) is 4.90 Å². The zero-order chi connectivity index (χ0) is 18.8. The first kappa shape index (κ1) is 18.9. The molecule has 2 nitrogen and oxygen atoms in total. The van der Waals surface area contributed by atoms with Gasteiger partial charge in [0.05, 0.1) is 7.11 Å². The molecule has 0 unspecified atom stereocenters. The van der Waals surface area contributed by atoms with E-state index in [4.69, 9.17) is 27.9 Å². The number of likely N-dealkylation sites (tertiary alicyclic amines) is 1. The quantitative estimate of drug-likeness (QED) is 0.603. The van der Waals surface area contributed by atoms with E-state index >= 15 is 0 Å². The first-order valence-corrected chi connectivity index (χ1v) is 10.4. The van der Waals surface area contributed by atoms with Gasteiger partial charge in [-0.3, -0.25) is 4.90 Å². The van der Waals surface area contributed by atoms with E-state index in [1.807, 2.05) is 24.3 Å². The SMILES string of the molecule is COc1ccc(Cl)c2c1CCC(CN1CCC(c3ccc(Cl)cc3)CC1)=C2. The van der Waals surface area contributed by atoms with E-state index in [-0.39, 0.29) is 0 Å². The first-order chi connectivity index (χ1) is 13.1. The van der Waals surface area contributed by atoms with Crippen molar-refractivity contribution in [2.75, 3.05) is 26.7 Å². The van der Waals surface area contributed by atoms with Crippen LogP contribution in [0.15, 0.2) is 42.0 Å². The van der Waals surface area contributed by atoms with E-state index < -0.39 is 0 Å². The van der Waals surface area contributed by atoms with Crippen molar-refractivity contribution in [3.63, 3.8) is 0 Å². The molecule has 0 N–H and O–H groups in total. The van der Waals surface area contributed by atoms with Crippen LogP contribution < -0.4 is 4.74 Å². The lowest BCUT2D eigenvalue weighted by Gasteiger charge is -2.33. The fourth-order valence-electron chi connectivity index (χ4n) is 4.35. The largest absolute Gasteiger partial charge is 0.496 e. The second kappa shape index (κ2) is 8.26. The van der Waals surface area contributed by atoms with Crippen LogP contribution in [-0.2, 0) is 6.42 Å². The Labute approximate surface area is 171 Å². The minimum atomic E-state index is 0.651. The van der Waals surface area contributed by atoms with Gasteiger partial charge in [0.15, 0.2) is 0 Å². The van der Waals surface area contributed by atoms with Gasteiger partial charge in [0, 0.05) is 22.2 Å². The zero-order valence-electron chi connectivity index (χ0n) is 15.7. The van der Waals surface area contributed by atoms with Crippen molar-refractivity contribution < 1.29 is 4.74 Å². The molecular formula is C23H25Cl2NO. The van der Waals surface area contributed by atoms with E-state index in [9.17, 15) is 0 Å². The molecule has 0 saturated carbocycles. The fraction of sp³-hybridized carbons (Fsp3) is 0.391. The highest BCUT2D eigenvalue weighted by Gasteiger charge is 2.23. The van der Waals surface area contributed by atoms with E-state index in [2.05, 4.69) is 23.1 Å². The second-order valence-electron chi connectivity index (χ2n) is 7.55. The first-order valence-electron chi connectivity index (χ1n) is 9.66. The van der Waals surface area contributed by atoms with E-state index in [1.165, 1.54) is 29.5 Å². The maximum Gasteiger partial charge on any atom is 0.122 e. The maximum absolute atomic E-state index is 6.45. The Morgan fingerprint density at radius 2 is 1.74 bits per heavy atom. The molecule has 2 aromatic rings. The number of ether oxygens (including phenoxy) is 1. The number of fused-ring (bicyclic) bond motifs is 1. The van der Waals surface area contributed by atoms with Gasteiger partial charge in [-0.15, -0.1) is 0 Å². The summed E-state index contributed by atoms with van der Waals surface area (Å²) in [5, 5.41) is 1.64. The molecular weight excluding hydrogens is 377 g/mol. The molecule has 0 radical (unpaired) electrons. The van der Waals surface area contributed by atoms with Crippen molar-refractivity contribution in [2.45, 2.75) is 31.6 Å². The van der Waals surface area contributed by atoms with Crippen LogP contribution in [0.3, 0.4) is 0 Å². The Morgan fingerprint density at radius 1 is 1.00 bits per heavy atom. The maximum atomic E-state index is 6.45. The predicted molar refractivity (Wildman–Crippen MR) is 114 cm³/mol. The minimum Gasteiger partial charge on any atom is -0.496 e. The molecule has 0 aromatic heterocycles. The summed E-state index contributed by atoms with van der Waals surface area (Å²) in [7, 11) is 1.73. The van der Waals surface area contributed by atoms with Gasteiger partial charge in [-0.05, 0) is 80.1 Å². The summed E-state index contributed by atoms with van der Waals surface area (Å²) in [5.74, 6) is 1.60. The molecule has 0 amide bonds. The molecule has 1 fully saturated rings. The standard InChI is InChI=1S/C23H25Cl2NO/c1-27-23-9-8-22(25)21-14-16(2-7-20(21)23)15-26-12-10-18(11-13-26)17-3-5-19(24)6-4-17/h3-6,8-9,14,18H,2,7,10-13,15H2,1H3. The van der Waals surface area contributed by atoms with Crippen molar-refractivity contribution in [3.05, 3.63) is 68.7 Å². The smallest absolute Gasteiger partial charge is 0.122 e. The summed E-state index contributed by atoms with van der Waals surface area (Å²) in [6, 6.07) is 12.3. The Morgan fingerprint density at radius 3 is 2.44 bits per heavy atom. The lowest BCUT2D eigenvalue weighted by Crippen LogP contribution is -2.34. The number of halogens is 2.